The van der Waals surface area contributed by atoms with E-state index in [1.807, 2.05) is 39.2 Å². The molecule has 7 nitrogen and oxygen atoms in total. The Bertz CT molecular complexity index is 692. The summed E-state index contributed by atoms with van der Waals surface area (Å²) in [6.07, 6.45) is 3.26. The van der Waals surface area contributed by atoms with Crippen molar-refractivity contribution in [3.05, 3.63) is 24.5 Å². The summed E-state index contributed by atoms with van der Waals surface area (Å²) in [6, 6.07) is 4.08. The van der Waals surface area contributed by atoms with Crippen LogP contribution >= 0.6 is 0 Å². The van der Waals surface area contributed by atoms with Crippen molar-refractivity contribution in [3.8, 4) is 0 Å². The molecule has 23 heavy (non-hydrogen) atoms. The second-order valence-electron chi connectivity index (χ2n) is 6.51. The Kier molecular flexibility index (Phi) is 4.12. The van der Waals surface area contributed by atoms with Crippen LogP contribution in [0.3, 0.4) is 0 Å². The minimum atomic E-state index is -0.532. The van der Waals surface area contributed by atoms with Crippen LogP contribution in [-0.2, 0) is 9.57 Å². The van der Waals surface area contributed by atoms with Crippen LogP contribution in [0.25, 0.3) is 11.0 Å². The Morgan fingerprint density at radius 2 is 2.17 bits per heavy atom. The second-order valence-corrected chi connectivity index (χ2v) is 6.51. The molecular formula is C16H22N4O3. The molecule has 3 rings (SSSR count). The molecule has 0 spiro atoms. The van der Waals surface area contributed by atoms with E-state index in [0.29, 0.717) is 26.2 Å². The van der Waals surface area contributed by atoms with Gasteiger partial charge in [0.05, 0.1) is 25.0 Å². The lowest BCUT2D eigenvalue weighted by molar-refractivity contribution is -0.137. The van der Waals surface area contributed by atoms with E-state index in [1.54, 1.807) is 0 Å². The van der Waals surface area contributed by atoms with Gasteiger partial charge in [-0.15, -0.1) is 0 Å². The summed E-state index contributed by atoms with van der Waals surface area (Å²) in [7, 11) is 0. The van der Waals surface area contributed by atoms with E-state index in [0.717, 1.165) is 16.7 Å². The number of nitrogens with one attached hydrogen (secondary N) is 1. The first kappa shape index (κ1) is 15.6. The molecule has 0 aliphatic carbocycles. The summed E-state index contributed by atoms with van der Waals surface area (Å²) in [4.78, 5) is 27.3. The molecule has 0 bridgehead atoms. The summed E-state index contributed by atoms with van der Waals surface area (Å²) in [5.74, 6) is 0. The van der Waals surface area contributed by atoms with Gasteiger partial charge < -0.3 is 14.6 Å². The monoisotopic (exact) mass is 318 g/mol. The number of fused-ring (bicyclic) bond motifs is 1. The van der Waals surface area contributed by atoms with Crippen molar-refractivity contribution < 1.29 is 14.4 Å². The Morgan fingerprint density at radius 3 is 2.96 bits per heavy atom. The van der Waals surface area contributed by atoms with Gasteiger partial charge in [-0.05, 0) is 32.9 Å². The van der Waals surface area contributed by atoms with Crippen LogP contribution in [0.4, 0.5) is 10.5 Å². The number of hydroxylamine groups is 2. The molecule has 2 aromatic rings. The van der Waals surface area contributed by atoms with Crippen LogP contribution in [0, 0.1) is 0 Å². The Balaban J connectivity index is 1.67. The van der Waals surface area contributed by atoms with Crippen molar-refractivity contribution >= 4 is 22.8 Å². The van der Waals surface area contributed by atoms with Gasteiger partial charge in [0.25, 0.3) is 0 Å². The number of anilines is 1. The first-order valence-corrected chi connectivity index (χ1v) is 7.74. The van der Waals surface area contributed by atoms with E-state index in [-0.39, 0.29) is 0 Å². The molecular weight excluding hydrogens is 296 g/mol. The van der Waals surface area contributed by atoms with Crippen molar-refractivity contribution in [1.82, 2.24) is 15.0 Å². The van der Waals surface area contributed by atoms with Gasteiger partial charge in [0.2, 0.25) is 0 Å². The molecule has 1 aliphatic heterocycles. The third kappa shape index (κ3) is 3.73. The normalized spacial score (nSPS) is 16.5. The molecule has 1 saturated heterocycles. The van der Waals surface area contributed by atoms with Gasteiger partial charge in [0.15, 0.2) is 0 Å². The first-order valence-electron chi connectivity index (χ1n) is 7.74. The largest absolute Gasteiger partial charge is 0.442 e. The number of carbonyl (C=O) groups excluding carboxylic acids is 1. The van der Waals surface area contributed by atoms with Crippen LogP contribution in [0.2, 0.25) is 0 Å². The lowest BCUT2D eigenvalue weighted by Gasteiger charge is -2.25. The van der Waals surface area contributed by atoms with Crippen molar-refractivity contribution in [3.63, 3.8) is 0 Å². The lowest BCUT2D eigenvalue weighted by atomic mass is 10.2. The van der Waals surface area contributed by atoms with E-state index in [9.17, 15) is 4.79 Å². The predicted molar refractivity (Wildman–Crippen MR) is 87.2 cm³/mol. The minimum absolute atomic E-state index is 0.421. The zero-order chi connectivity index (χ0) is 16.4. The number of nitrogens with zero attached hydrogens (tertiary/aromatic N) is 3. The summed E-state index contributed by atoms with van der Waals surface area (Å²) >= 11 is 0. The fraction of sp³-hybridized carbons (Fsp3) is 0.500. The Labute approximate surface area is 135 Å². The van der Waals surface area contributed by atoms with Gasteiger partial charge in [-0.1, -0.05) is 0 Å². The van der Waals surface area contributed by atoms with Gasteiger partial charge in [0, 0.05) is 24.7 Å². The van der Waals surface area contributed by atoms with E-state index in [2.05, 4.69) is 20.9 Å². The molecule has 7 heteroatoms. The van der Waals surface area contributed by atoms with Crippen LogP contribution < -0.4 is 4.90 Å². The molecule has 1 N–H and O–H groups in total. The SMILES string of the molecule is CC(C)(C)OC(=O)N1CCN(c2cnc3[nH]ccc3c2)CCO1. The highest BCUT2D eigenvalue weighted by atomic mass is 16.7. The quantitative estimate of drug-likeness (QED) is 0.875. The molecule has 2 aromatic heterocycles. The average Bonchev–Trinajstić information content (AvgIpc) is 2.79. The van der Waals surface area contributed by atoms with E-state index in [1.165, 1.54) is 5.06 Å². The maximum absolute atomic E-state index is 12.1. The molecule has 3 heterocycles. The highest BCUT2D eigenvalue weighted by molar-refractivity contribution is 5.79. The van der Waals surface area contributed by atoms with Crippen molar-refractivity contribution in [2.75, 3.05) is 31.1 Å². The third-order valence-corrected chi connectivity index (χ3v) is 3.53. The number of hydrogen-bond donors (Lipinski definition) is 1. The lowest BCUT2D eigenvalue weighted by Crippen LogP contribution is -2.38. The number of ether oxygens (including phenoxy) is 1. The van der Waals surface area contributed by atoms with E-state index >= 15 is 0 Å². The minimum Gasteiger partial charge on any atom is -0.442 e. The predicted octanol–water partition coefficient (Wildman–Crippen LogP) is 2.55. The molecule has 1 amide bonds. The second kappa shape index (κ2) is 6.08. The number of carbonyl (C=O) groups is 1. The summed E-state index contributed by atoms with van der Waals surface area (Å²) in [6.45, 7) is 7.74. The number of pyridine rings is 1. The van der Waals surface area contributed by atoms with Gasteiger partial charge in [-0.25, -0.2) is 9.78 Å². The summed E-state index contributed by atoms with van der Waals surface area (Å²) < 4.78 is 5.35. The highest BCUT2D eigenvalue weighted by Crippen LogP contribution is 2.20. The number of H-pyrrole nitrogens is 1. The maximum atomic E-state index is 12.1. The molecule has 1 fully saturated rings. The zero-order valence-corrected chi connectivity index (χ0v) is 13.7. The topological polar surface area (TPSA) is 70.7 Å². The number of aromatic amines is 1. The number of hydrogen-bond acceptors (Lipinski definition) is 5. The fourth-order valence-corrected chi connectivity index (χ4v) is 2.47. The molecule has 1 aliphatic rings. The zero-order valence-electron chi connectivity index (χ0n) is 13.7. The van der Waals surface area contributed by atoms with Crippen LogP contribution in [0.5, 0.6) is 0 Å². The summed E-state index contributed by atoms with van der Waals surface area (Å²) in [5, 5.41) is 2.37. The summed E-state index contributed by atoms with van der Waals surface area (Å²) in [5.41, 5.74) is 1.36. The van der Waals surface area contributed by atoms with Gasteiger partial charge in [-0.3, -0.25) is 4.84 Å². The number of amides is 1. The molecule has 0 saturated carbocycles. The maximum Gasteiger partial charge on any atom is 0.434 e. The molecule has 0 radical (unpaired) electrons. The Morgan fingerprint density at radius 1 is 1.35 bits per heavy atom. The third-order valence-electron chi connectivity index (χ3n) is 3.53. The molecule has 0 unspecified atom stereocenters. The smallest absolute Gasteiger partial charge is 0.434 e. The molecule has 0 aromatic carbocycles. The van der Waals surface area contributed by atoms with Crippen molar-refractivity contribution in [2.45, 2.75) is 26.4 Å². The van der Waals surface area contributed by atoms with E-state index in [4.69, 9.17) is 9.57 Å². The van der Waals surface area contributed by atoms with Gasteiger partial charge >= 0.3 is 6.09 Å². The first-order chi connectivity index (χ1) is 10.9. The van der Waals surface area contributed by atoms with Gasteiger partial charge in [-0.2, -0.15) is 5.06 Å². The Hall–Kier alpha value is -2.28. The fourth-order valence-electron chi connectivity index (χ4n) is 2.47. The number of rotatable bonds is 1. The van der Waals surface area contributed by atoms with Crippen LogP contribution in [-0.4, -0.2) is 53.0 Å². The van der Waals surface area contributed by atoms with Crippen molar-refractivity contribution in [2.24, 2.45) is 0 Å². The van der Waals surface area contributed by atoms with Gasteiger partial charge in [0.1, 0.15) is 11.2 Å². The number of aromatic nitrogens is 2. The van der Waals surface area contributed by atoms with E-state index < -0.39 is 11.7 Å². The van der Waals surface area contributed by atoms with Crippen molar-refractivity contribution in [1.29, 1.82) is 0 Å². The molecule has 0 atom stereocenters. The highest BCUT2D eigenvalue weighted by Gasteiger charge is 2.25. The van der Waals surface area contributed by atoms with Crippen LogP contribution in [0.1, 0.15) is 20.8 Å². The molecule has 124 valence electrons. The standard InChI is InChI=1S/C16H22N4O3/c1-16(2,3)23-15(21)20-7-6-19(8-9-22-20)13-10-12-4-5-17-14(12)18-11-13/h4-5,10-11H,6-9H2,1-3H3,(H,17,18). The average molecular weight is 318 g/mol. The van der Waals surface area contributed by atoms with Crippen LogP contribution in [0.15, 0.2) is 24.5 Å².